The van der Waals surface area contributed by atoms with Crippen molar-refractivity contribution < 1.29 is 23.1 Å². The molecule has 8 nitrogen and oxygen atoms in total. The number of nitrogens with zero attached hydrogens (tertiary/aromatic N) is 2. The van der Waals surface area contributed by atoms with Crippen molar-refractivity contribution in [2.75, 3.05) is 25.2 Å². The summed E-state index contributed by atoms with van der Waals surface area (Å²) in [6.07, 6.45) is 0.458. The van der Waals surface area contributed by atoms with Crippen molar-refractivity contribution in [3.63, 3.8) is 0 Å². The van der Waals surface area contributed by atoms with Crippen LogP contribution in [0.2, 0.25) is 0 Å². The number of carbonyl (C=O) groups is 1. The van der Waals surface area contributed by atoms with E-state index in [1.807, 2.05) is 26.0 Å². The van der Waals surface area contributed by atoms with E-state index in [9.17, 15) is 18.3 Å². The van der Waals surface area contributed by atoms with Gasteiger partial charge < -0.3 is 15.2 Å². The Hall–Kier alpha value is -2.39. The molecule has 3 rings (SSSR count). The summed E-state index contributed by atoms with van der Waals surface area (Å²) in [5, 5.41) is 16.7. The molecular weight excluding hydrogens is 394 g/mol. The second-order valence-corrected chi connectivity index (χ2v) is 9.88. The van der Waals surface area contributed by atoms with Crippen molar-refractivity contribution in [2.24, 2.45) is 5.92 Å². The van der Waals surface area contributed by atoms with E-state index in [4.69, 9.17) is 4.74 Å². The summed E-state index contributed by atoms with van der Waals surface area (Å²) < 4.78 is 30.8. The molecule has 1 fully saturated rings. The van der Waals surface area contributed by atoms with Crippen molar-refractivity contribution in [1.82, 2.24) is 15.1 Å². The number of aromatic nitrogens is 2. The highest BCUT2D eigenvalue weighted by atomic mass is 32.2. The predicted molar refractivity (Wildman–Crippen MR) is 110 cm³/mol. The van der Waals surface area contributed by atoms with Gasteiger partial charge in [-0.1, -0.05) is 13.8 Å². The number of aliphatic hydroxyl groups excluding tert-OH is 1. The SMILES string of the molecule is COc1ccc(-c2cc(C(=O)N[C@@H](CO)C(C)C)nn2[C@H]2CCS(=O)(=O)C2)cc1. The number of aliphatic hydroxyl groups is 1. The molecule has 2 atom stereocenters. The summed E-state index contributed by atoms with van der Waals surface area (Å²) in [6, 6.07) is 8.26. The van der Waals surface area contributed by atoms with Gasteiger partial charge in [-0.05, 0) is 42.7 Å². The highest BCUT2D eigenvalue weighted by Gasteiger charge is 2.32. The molecule has 0 bridgehead atoms. The number of sulfone groups is 1. The molecular formula is C20H27N3O5S. The van der Waals surface area contributed by atoms with E-state index < -0.39 is 15.7 Å². The van der Waals surface area contributed by atoms with Gasteiger partial charge in [0.25, 0.3) is 5.91 Å². The van der Waals surface area contributed by atoms with Crippen LogP contribution in [0.15, 0.2) is 30.3 Å². The Bertz CT molecular complexity index is 967. The van der Waals surface area contributed by atoms with E-state index in [-0.39, 0.29) is 41.8 Å². The molecule has 0 spiro atoms. The van der Waals surface area contributed by atoms with Gasteiger partial charge in [0.05, 0.1) is 43.0 Å². The van der Waals surface area contributed by atoms with Crippen molar-refractivity contribution >= 4 is 15.7 Å². The van der Waals surface area contributed by atoms with E-state index in [1.165, 1.54) is 0 Å². The second-order valence-electron chi connectivity index (χ2n) is 7.65. The largest absolute Gasteiger partial charge is 0.497 e. The van der Waals surface area contributed by atoms with Gasteiger partial charge >= 0.3 is 0 Å². The maximum absolute atomic E-state index is 12.7. The molecule has 29 heavy (non-hydrogen) atoms. The highest BCUT2D eigenvalue weighted by molar-refractivity contribution is 7.91. The van der Waals surface area contributed by atoms with Crippen LogP contribution in [0.3, 0.4) is 0 Å². The molecule has 1 aliphatic heterocycles. The summed E-state index contributed by atoms with van der Waals surface area (Å²) in [4.78, 5) is 12.7. The van der Waals surface area contributed by atoms with Gasteiger partial charge in [0.15, 0.2) is 15.5 Å². The Kier molecular flexibility index (Phi) is 6.28. The van der Waals surface area contributed by atoms with Crippen LogP contribution in [0.1, 0.15) is 36.8 Å². The molecule has 1 aromatic heterocycles. The zero-order chi connectivity index (χ0) is 21.2. The number of hydrogen-bond donors (Lipinski definition) is 2. The number of ether oxygens (including phenoxy) is 1. The number of nitrogens with one attached hydrogen (secondary N) is 1. The summed E-state index contributed by atoms with van der Waals surface area (Å²) in [5.74, 6) is 0.480. The molecule has 1 aromatic carbocycles. The Labute approximate surface area is 170 Å². The summed E-state index contributed by atoms with van der Waals surface area (Å²) >= 11 is 0. The molecule has 1 amide bonds. The van der Waals surface area contributed by atoms with E-state index in [0.29, 0.717) is 17.9 Å². The fourth-order valence-corrected chi connectivity index (χ4v) is 5.09. The Balaban J connectivity index is 1.97. The standard InChI is InChI=1S/C20H27N3O5S/c1-13(2)18(11-24)21-20(25)17-10-19(14-4-6-16(28-3)7-5-14)23(22-17)15-8-9-29(26,27)12-15/h4-7,10,13,15,18,24H,8-9,11-12H2,1-3H3,(H,21,25)/t15-,18-/m0/s1. The third kappa shape index (κ3) is 4.79. The molecule has 9 heteroatoms. The first-order valence-electron chi connectivity index (χ1n) is 9.60. The van der Waals surface area contributed by atoms with E-state index >= 15 is 0 Å². The Morgan fingerprint density at radius 3 is 2.55 bits per heavy atom. The lowest BCUT2D eigenvalue weighted by molar-refractivity contribution is 0.0890. The molecule has 1 saturated heterocycles. The van der Waals surface area contributed by atoms with Gasteiger partial charge in [-0.15, -0.1) is 0 Å². The lowest BCUT2D eigenvalue weighted by Crippen LogP contribution is -2.41. The molecule has 2 heterocycles. The maximum atomic E-state index is 12.7. The number of benzene rings is 1. The fraction of sp³-hybridized carbons (Fsp3) is 0.500. The first-order valence-corrected chi connectivity index (χ1v) is 11.4. The van der Waals surface area contributed by atoms with Crippen LogP contribution in [-0.2, 0) is 9.84 Å². The average molecular weight is 422 g/mol. The van der Waals surface area contributed by atoms with Crippen molar-refractivity contribution in [3.05, 3.63) is 36.0 Å². The van der Waals surface area contributed by atoms with E-state index in [2.05, 4.69) is 10.4 Å². The van der Waals surface area contributed by atoms with Gasteiger partial charge in [-0.25, -0.2) is 8.42 Å². The molecule has 0 unspecified atom stereocenters. The zero-order valence-electron chi connectivity index (χ0n) is 16.8. The Morgan fingerprint density at radius 1 is 1.34 bits per heavy atom. The number of methoxy groups -OCH3 is 1. The van der Waals surface area contributed by atoms with Gasteiger partial charge in [-0.3, -0.25) is 9.48 Å². The van der Waals surface area contributed by atoms with E-state index in [0.717, 1.165) is 5.56 Å². The predicted octanol–water partition coefficient (Wildman–Crippen LogP) is 1.66. The van der Waals surface area contributed by atoms with Crippen LogP contribution in [0.25, 0.3) is 11.3 Å². The minimum atomic E-state index is -3.11. The van der Waals surface area contributed by atoms with Gasteiger partial charge in [0, 0.05) is 5.56 Å². The lowest BCUT2D eigenvalue weighted by atomic mass is 10.1. The summed E-state index contributed by atoms with van der Waals surface area (Å²) in [7, 11) is -1.53. The molecule has 1 aliphatic rings. The van der Waals surface area contributed by atoms with Crippen LogP contribution in [-0.4, -0.2) is 60.5 Å². The number of hydrogen-bond acceptors (Lipinski definition) is 6. The van der Waals surface area contributed by atoms with Crippen LogP contribution in [0.5, 0.6) is 5.75 Å². The van der Waals surface area contributed by atoms with Crippen molar-refractivity contribution in [2.45, 2.75) is 32.4 Å². The quantitative estimate of drug-likeness (QED) is 0.704. The second kappa shape index (κ2) is 8.54. The minimum Gasteiger partial charge on any atom is -0.497 e. The number of rotatable bonds is 7. The third-order valence-electron chi connectivity index (χ3n) is 5.23. The molecule has 2 aromatic rings. The smallest absolute Gasteiger partial charge is 0.272 e. The van der Waals surface area contributed by atoms with Crippen LogP contribution in [0.4, 0.5) is 0 Å². The summed E-state index contributed by atoms with van der Waals surface area (Å²) in [5.41, 5.74) is 1.67. The molecule has 0 radical (unpaired) electrons. The van der Waals surface area contributed by atoms with Crippen molar-refractivity contribution in [3.8, 4) is 17.0 Å². The third-order valence-corrected chi connectivity index (χ3v) is 6.98. The first-order chi connectivity index (χ1) is 13.7. The van der Waals surface area contributed by atoms with Crippen LogP contribution < -0.4 is 10.1 Å². The van der Waals surface area contributed by atoms with Gasteiger partial charge in [0.1, 0.15) is 5.75 Å². The maximum Gasteiger partial charge on any atom is 0.272 e. The monoisotopic (exact) mass is 421 g/mol. The fourth-order valence-electron chi connectivity index (χ4n) is 3.39. The normalized spacial score (nSPS) is 19.3. The summed E-state index contributed by atoms with van der Waals surface area (Å²) in [6.45, 7) is 3.65. The lowest BCUT2D eigenvalue weighted by Gasteiger charge is -2.19. The first kappa shape index (κ1) is 21.3. The minimum absolute atomic E-state index is 0.00412. The van der Waals surface area contributed by atoms with Gasteiger partial charge in [0.2, 0.25) is 0 Å². The number of amides is 1. The molecule has 0 aliphatic carbocycles. The average Bonchev–Trinajstić information content (AvgIpc) is 3.29. The molecule has 158 valence electrons. The Morgan fingerprint density at radius 2 is 2.03 bits per heavy atom. The van der Waals surface area contributed by atoms with Crippen LogP contribution in [0, 0.1) is 5.92 Å². The number of carbonyl (C=O) groups excluding carboxylic acids is 1. The van der Waals surface area contributed by atoms with Crippen molar-refractivity contribution in [1.29, 1.82) is 0 Å². The van der Waals surface area contributed by atoms with Gasteiger partial charge in [-0.2, -0.15) is 5.10 Å². The zero-order valence-corrected chi connectivity index (χ0v) is 17.6. The van der Waals surface area contributed by atoms with E-state index in [1.54, 1.807) is 30.0 Å². The topological polar surface area (TPSA) is 111 Å². The van der Waals surface area contributed by atoms with Crippen LogP contribution >= 0.6 is 0 Å². The molecule has 2 N–H and O–H groups in total. The highest BCUT2D eigenvalue weighted by Crippen LogP contribution is 2.31. The molecule has 0 saturated carbocycles.